The van der Waals surface area contributed by atoms with Gasteiger partial charge < -0.3 is 9.88 Å². The van der Waals surface area contributed by atoms with Crippen LogP contribution in [0.2, 0.25) is 5.02 Å². The van der Waals surface area contributed by atoms with Gasteiger partial charge in [-0.3, -0.25) is 9.59 Å². The first-order chi connectivity index (χ1) is 11.9. The number of nitrogens with one attached hydrogen (secondary N) is 1. The Bertz CT molecular complexity index is 847. The van der Waals surface area contributed by atoms with Crippen molar-refractivity contribution in [3.63, 3.8) is 0 Å². The van der Waals surface area contributed by atoms with E-state index in [1.807, 2.05) is 43.5 Å². The van der Waals surface area contributed by atoms with Crippen LogP contribution in [-0.4, -0.2) is 10.5 Å². The SMILES string of the molecule is CCc1cccc(CC)c1NC(=O)c1c(C)n(CC)c(C)c(Cl)c1=O. The molecule has 0 fully saturated rings. The molecular formula is C20H25ClN2O2. The van der Waals surface area contributed by atoms with E-state index >= 15 is 0 Å². The average Bonchev–Trinajstić information content (AvgIpc) is 2.60. The van der Waals surface area contributed by atoms with Gasteiger partial charge in [0.05, 0.1) is 0 Å². The lowest BCUT2D eigenvalue weighted by atomic mass is 10.0. The van der Waals surface area contributed by atoms with Crippen LogP contribution in [-0.2, 0) is 19.4 Å². The molecular weight excluding hydrogens is 336 g/mol. The number of carbonyl (C=O) groups excluding carboxylic acids is 1. The minimum atomic E-state index is -0.411. The van der Waals surface area contributed by atoms with Gasteiger partial charge in [-0.2, -0.15) is 0 Å². The molecule has 1 N–H and O–H groups in total. The minimum absolute atomic E-state index is 0.108. The van der Waals surface area contributed by atoms with E-state index in [4.69, 9.17) is 11.6 Å². The molecule has 2 rings (SSSR count). The van der Waals surface area contributed by atoms with Crippen LogP contribution in [0.15, 0.2) is 23.0 Å². The summed E-state index contributed by atoms with van der Waals surface area (Å²) in [5.74, 6) is -0.401. The van der Waals surface area contributed by atoms with Crippen molar-refractivity contribution in [2.24, 2.45) is 0 Å². The Hall–Kier alpha value is -2.07. The predicted octanol–water partition coefficient (Wildman–Crippen LogP) is 4.52. The summed E-state index contributed by atoms with van der Waals surface area (Å²) in [6.07, 6.45) is 1.60. The smallest absolute Gasteiger partial charge is 0.261 e. The molecule has 0 atom stereocenters. The van der Waals surface area contributed by atoms with Gasteiger partial charge in [-0.1, -0.05) is 43.6 Å². The lowest BCUT2D eigenvalue weighted by Gasteiger charge is -2.19. The number of rotatable bonds is 5. The fraction of sp³-hybridized carbons (Fsp3) is 0.400. The maximum atomic E-state index is 12.9. The van der Waals surface area contributed by atoms with Crippen molar-refractivity contribution >= 4 is 23.2 Å². The summed E-state index contributed by atoms with van der Waals surface area (Å²) in [7, 11) is 0. The third-order valence-electron chi connectivity index (χ3n) is 4.70. The Kier molecular flexibility index (Phi) is 6.07. The molecule has 1 amide bonds. The quantitative estimate of drug-likeness (QED) is 0.852. The fourth-order valence-corrected chi connectivity index (χ4v) is 3.46. The van der Waals surface area contributed by atoms with E-state index in [1.165, 1.54) is 0 Å². The number of hydrogen-bond donors (Lipinski definition) is 1. The number of benzene rings is 1. The van der Waals surface area contributed by atoms with Crippen LogP contribution in [0, 0.1) is 13.8 Å². The van der Waals surface area contributed by atoms with E-state index in [-0.39, 0.29) is 10.6 Å². The van der Waals surface area contributed by atoms with Gasteiger partial charge in [0, 0.05) is 23.6 Å². The van der Waals surface area contributed by atoms with Crippen molar-refractivity contribution in [3.8, 4) is 0 Å². The molecule has 0 bridgehead atoms. The highest BCUT2D eigenvalue weighted by molar-refractivity contribution is 6.31. The number of aromatic nitrogens is 1. The third kappa shape index (κ3) is 3.49. The first kappa shape index (κ1) is 19.3. The van der Waals surface area contributed by atoms with Crippen molar-refractivity contribution in [2.75, 3.05) is 5.32 Å². The summed E-state index contributed by atoms with van der Waals surface area (Å²) in [5.41, 5.74) is 3.94. The van der Waals surface area contributed by atoms with E-state index in [2.05, 4.69) is 5.32 Å². The maximum Gasteiger partial charge on any atom is 0.261 e. The molecule has 0 saturated carbocycles. The second-order valence-corrected chi connectivity index (χ2v) is 6.42. The summed E-state index contributed by atoms with van der Waals surface area (Å²) >= 11 is 6.19. The molecule has 4 nitrogen and oxygen atoms in total. The van der Waals surface area contributed by atoms with Crippen LogP contribution >= 0.6 is 11.6 Å². The summed E-state index contributed by atoms with van der Waals surface area (Å²) in [4.78, 5) is 25.6. The normalized spacial score (nSPS) is 10.8. The van der Waals surface area contributed by atoms with Gasteiger partial charge in [-0.25, -0.2) is 0 Å². The van der Waals surface area contributed by atoms with E-state index in [1.54, 1.807) is 13.8 Å². The summed E-state index contributed by atoms with van der Waals surface area (Å²) in [5, 5.41) is 3.07. The molecule has 0 saturated heterocycles. The van der Waals surface area contributed by atoms with Crippen molar-refractivity contribution in [2.45, 2.75) is 54.0 Å². The Morgan fingerprint density at radius 3 is 2.12 bits per heavy atom. The van der Waals surface area contributed by atoms with Gasteiger partial charge >= 0.3 is 0 Å². The zero-order valence-corrected chi connectivity index (χ0v) is 16.3. The van der Waals surface area contributed by atoms with Crippen LogP contribution in [0.4, 0.5) is 5.69 Å². The fourth-order valence-electron chi connectivity index (χ4n) is 3.26. The highest BCUT2D eigenvalue weighted by Crippen LogP contribution is 2.24. The first-order valence-corrected chi connectivity index (χ1v) is 9.06. The highest BCUT2D eigenvalue weighted by atomic mass is 35.5. The zero-order chi connectivity index (χ0) is 18.7. The molecule has 5 heteroatoms. The van der Waals surface area contributed by atoms with Crippen molar-refractivity contribution in [1.82, 2.24) is 4.57 Å². The Balaban J connectivity index is 2.58. The second kappa shape index (κ2) is 7.87. The number of amides is 1. The molecule has 0 radical (unpaired) electrons. The van der Waals surface area contributed by atoms with Crippen molar-refractivity contribution in [3.05, 3.63) is 61.5 Å². The largest absolute Gasteiger partial charge is 0.347 e. The molecule has 1 aromatic carbocycles. The lowest BCUT2D eigenvalue weighted by Crippen LogP contribution is -2.28. The molecule has 2 aromatic rings. The molecule has 0 aliphatic heterocycles. The van der Waals surface area contributed by atoms with Gasteiger partial charge in [0.1, 0.15) is 10.6 Å². The third-order valence-corrected chi connectivity index (χ3v) is 5.14. The Labute approximate surface area is 153 Å². The number of anilines is 1. The van der Waals surface area contributed by atoms with Crippen LogP contribution in [0.1, 0.15) is 53.6 Å². The standard InChI is InChI=1S/C20H25ClN2O2/c1-6-14-10-9-11-15(7-2)18(14)22-20(25)16-12(4)23(8-3)13(5)17(21)19(16)24/h9-11H,6-8H2,1-5H3,(H,22,25). The molecule has 134 valence electrons. The molecule has 25 heavy (non-hydrogen) atoms. The molecule has 0 aliphatic rings. The first-order valence-electron chi connectivity index (χ1n) is 8.68. The van der Waals surface area contributed by atoms with Gasteiger partial charge in [0.15, 0.2) is 0 Å². The number of para-hydroxylation sites is 1. The van der Waals surface area contributed by atoms with E-state index in [0.29, 0.717) is 17.9 Å². The van der Waals surface area contributed by atoms with E-state index in [0.717, 1.165) is 29.7 Å². The number of nitrogens with zero attached hydrogens (tertiary/aromatic N) is 1. The highest BCUT2D eigenvalue weighted by Gasteiger charge is 2.22. The van der Waals surface area contributed by atoms with Gasteiger partial charge in [0.2, 0.25) is 5.43 Å². The lowest BCUT2D eigenvalue weighted by molar-refractivity contribution is 0.102. The zero-order valence-electron chi connectivity index (χ0n) is 15.5. The van der Waals surface area contributed by atoms with Crippen LogP contribution in [0.25, 0.3) is 0 Å². The van der Waals surface area contributed by atoms with Crippen LogP contribution in [0.5, 0.6) is 0 Å². The molecule has 0 spiro atoms. The number of hydrogen-bond acceptors (Lipinski definition) is 2. The second-order valence-electron chi connectivity index (χ2n) is 6.05. The van der Waals surface area contributed by atoms with E-state index < -0.39 is 11.3 Å². The Morgan fingerprint density at radius 1 is 1.08 bits per heavy atom. The van der Waals surface area contributed by atoms with Crippen molar-refractivity contribution in [1.29, 1.82) is 0 Å². The molecule has 0 aliphatic carbocycles. The van der Waals surface area contributed by atoms with Gasteiger partial charge in [-0.15, -0.1) is 0 Å². The maximum absolute atomic E-state index is 12.9. The summed E-state index contributed by atoms with van der Waals surface area (Å²) < 4.78 is 1.89. The average molecular weight is 361 g/mol. The number of pyridine rings is 1. The van der Waals surface area contributed by atoms with Gasteiger partial charge in [-0.05, 0) is 44.7 Å². The van der Waals surface area contributed by atoms with Crippen LogP contribution in [0.3, 0.4) is 0 Å². The number of halogens is 1. The number of carbonyl (C=O) groups is 1. The minimum Gasteiger partial charge on any atom is -0.347 e. The van der Waals surface area contributed by atoms with Gasteiger partial charge in [0.25, 0.3) is 5.91 Å². The number of aryl methyl sites for hydroxylation is 2. The topological polar surface area (TPSA) is 51.1 Å². The molecule has 1 aromatic heterocycles. The van der Waals surface area contributed by atoms with E-state index in [9.17, 15) is 9.59 Å². The molecule has 0 unspecified atom stereocenters. The monoisotopic (exact) mass is 360 g/mol. The van der Waals surface area contributed by atoms with Crippen molar-refractivity contribution < 1.29 is 4.79 Å². The summed E-state index contributed by atoms with van der Waals surface area (Å²) in [6, 6.07) is 5.98. The van der Waals surface area contributed by atoms with Crippen LogP contribution < -0.4 is 10.7 Å². The predicted molar refractivity (Wildman–Crippen MR) is 104 cm³/mol. The molecule has 1 heterocycles. The summed E-state index contributed by atoms with van der Waals surface area (Å²) in [6.45, 7) is 10.3. The Morgan fingerprint density at radius 2 is 1.64 bits per heavy atom.